The molecule has 0 saturated heterocycles. The van der Waals surface area contributed by atoms with Gasteiger partial charge in [0.1, 0.15) is 0 Å². The van der Waals surface area contributed by atoms with Gasteiger partial charge in [0, 0.05) is 11.9 Å². The van der Waals surface area contributed by atoms with Crippen LogP contribution in [0.1, 0.15) is 11.3 Å². The Morgan fingerprint density at radius 1 is 1.50 bits per heavy atom. The number of nitrogens with zero attached hydrogens (tertiary/aromatic N) is 1. The summed E-state index contributed by atoms with van der Waals surface area (Å²) in [4.78, 5) is 0. The van der Waals surface area contributed by atoms with E-state index in [0.29, 0.717) is 10.6 Å². The lowest BCUT2D eigenvalue weighted by molar-refractivity contribution is 0.450. The Hall–Kier alpha value is -1.06. The fraction of sp³-hybridized carbons (Fsp3) is 0.300. The van der Waals surface area contributed by atoms with Crippen LogP contribution < -0.4 is 5.32 Å². The number of nitrogens with one attached hydrogen (secondary N) is 1. The Labute approximate surface area is 87.0 Å². The first-order chi connectivity index (χ1) is 6.72. The smallest absolute Gasteiger partial charge is 0.185 e. The molecular formula is C10H11ClN2O. The van der Waals surface area contributed by atoms with Gasteiger partial charge in [-0.1, -0.05) is 16.8 Å². The van der Waals surface area contributed by atoms with Crippen molar-refractivity contribution in [1.82, 2.24) is 10.5 Å². The molecule has 0 aliphatic carbocycles. The van der Waals surface area contributed by atoms with Crippen LogP contribution in [0.2, 0.25) is 5.02 Å². The predicted molar refractivity (Wildman–Crippen MR) is 56.5 cm³/mol. The minimum Gasteiger partial charge on any atom is -0.354 e. The van der Waals surface area contributed by atoms with Gasteiger partial charge in [-0.15, -0.1) is 0 Å². The molecule has 0 aliphatic heterocycles. The fourth-order valence-corrected chi connectivity index (χ4v) is 1.76. The van der Waals surface area contributed by atoms with Gasteiger partial charge in [0.2, 0.25) is 0 Å². The average Bonchev–Trinajstić information content (AvgIpc) is 2.49. The van der Waals surface area contributed by atoms with Crippen molar-refractivity contribution in [3.63, 3.8) is 0 Å². The van der Waals surface area contributed by atoms with E-state index in [0.717, 1.165) is 23.2 Å². The Kier molecular flexibility index (Phi) is 2.44. The predicted octanol–water partition coefficient (Wildman–Crippen LogP) is 2.51. The van der Waals surface area contributed by atoms with Gasteiger partial charge in [-0.3, -0.25) is 0 Å². The van der Waals surface area contributed by atoms with Gasteiger partial charge in [-0.2, -0.15) is 0 Å². The van der Waals surface area contributed by atoms with Crippen LogP contribution in [0, 0.1) is 6.92 Å². The summed E-state index contributed by atoms with van der Waals surface area (Å²) in [5.41, 5.74) is 2.68. The zero-order chi connectivity index (χ0) is 10.1. The minimum absolute atomic E-state index is 0.619. The van der Waals surface area contributed by atoms with Gasteiger partial charge in [-0.25, -0.2) is 0 Å². The van der Waals surface area contributed by atoms with Crippen LogP contribution in [0.25, 0.3) is 11.0 Å². The van der Waals surface area contributed by atoms with Crippen LogP contribution in [0.15, 0.2) is 16.7 Å². The third-order valence-electron chi connectivity index (χ3n) is 2.15. The molecule has 3 nitrogen and oxygen atoms in total. The van der Waals surface area contributed by atoms with Crippen molar-refractivity contribution < 1.29 is 4.52 Å². The molecule has 2 aromatic rings. The van der Waals surface area contributed by atoms with Gasteiger partial charge < -0.3 is 9.84 Å². The summed E-state index contributed by atoms with van der Waals surface area (Å²) < 4.78 is 5.11. The SMILES string of the molecule is CNCc1cc(Cl)c2onc(C)c2c1. The Bertz CT molecular complexity index is 464. The normalized spacial score (nSPS) is 11.1. The second kappa shape index (κ2) is 3.59. The number of benzene rings is 1. The van der Waals surface area contributed by atoms with Crippen molar-refractivity contribution in [1.29, 1.82) is 0 Å². The summed E-state index contributed by atoms with van der Waals surface area (Å²) in [7, 11) is 1.90. The average molecular weight is 211 g/mol. The number of hydrogen-bond donors (Lipinski definition) is 1. The van der Waals surface area contributed by atoms with Crippen LogP contribution in [0.4, 0.5) is 0 Å². The lowest BCUT2D eigenvalue weighted by Crippen LogP contribution is -2.04. The molecule has 1 aromatic heterocycles. The number of halogens is 1. The molecular weight excluding hydrogens is 200 g/mol. The zero-order valence-corrected chi connectivity index (χ0v) is 8.85. The molecule has 2 rings (SSSR count). The first kappa shape index (κ1) is 9.49. The molecule has 1 heterocycles. The summed E-state index contributed by atoms with van der Waals surface area (Å²) in [6, 6.07) is 3.94. The molecule has 0 amide bonds. The largest absolute Gasteiger partial charge is 0.354 e. The maximum absolute atomic E-state index is 6.05. The molecule has 0 atom stereocenters. The Morgan fingerprint density at radius 2 is 2.29 bits per heavy atom. The Morgan fingerprint density at radius 3 is 3.00 bits per heavy atom. The molecule has 0 saturated carbocycles. The summed E-state index contributed by atoms with van der Waals surface area (Å²) in [5.74, 6) is 0. The van der Waals surface area contributed by atoms with Crippen LogP contribution in [-0.4, -0.2) is 12.2 Å². The summed E-state index contributed by atoms with van der Waals surface area (Å²) >= 11 is 6.05. The molecule has 1 N–H and O–H groups in total. The molecule has 74 valence electrons. The van der Waals surface area contributed by atoms with Crippen molar-refractivity contribution in [2.75, 3.05) is 7.05 Å². The fourth-order valence-electron chi connectivity index (χ4n) is 1.48. The van der Waals surface area contributed by atoms with E-state index in [4.69, 9.17) is 16.1 Å². The molecule has 1 aromatic carbocycles. The number of fused-ring (bicyclic) bond motifs is 1. The second-order valence-electron chi connectivity index (χ2n) is 3.25. The lowest BCUT2D eigenvalue weighted by Gasteiger charge is -2.00. The molecule has 0 radical (unpaired) electrons. The number of rotatable bonds is 2. The van der Waals surface area contributed by atoms with Crippen molar-refractivity contribution in [2.24, 2.45) is 0 Å². The first-order valence-electron chi connectivity index (χ1n) is 4.41. The molecule has 0 fully saturated rings. The van der Waals surface area contributed by atoms with Crippen molar-refractivity contribution >= 4 is 22.6 Å². The number of hydrogen-bond acceptors (Lipinski definition) is 3. The van der Waals surface area contributed by atoms with Crippen LogP contribution in [0.3, 0.4) is 0 Å². The van der Waals surface area contributed by atoms with E-state index in [2.05, 4.69) is 10.5 Å². The molecule has 14 heavy (non-hydrogen) atoms. The minimum atomic E-state index is 0.619. The van der Waals surface area contributed by atoms with E-state index in [1.807, 2.05) is 26.1 Å². The zero-order valence-electron chi connectivity index (χ0n) is 8.10. The third kappa shape index (κ3) is 1.49. The van der Waals surface area contributed by atoms with Crippen molar-refractivity contribution in [2.45, 2.75) is 13.5 Å². The molecule has 0 bridgehead atoms. The summed E-state index contributed by atoms with van der Waals surface area (Å²) in [5, 5.41) is 8.56. The standard InChI is InChI=1S/C10H11ClN2O/c1-6-8-3-7(5-12-2)4-9(11)10(8)14-13-6/h3-4,12H,5H2,1-2H3. The highest BCUT2D eigenvalue weighted by molar-refractivity contribution is 6.34. The van der Waals surface area contributed by atoms with Crippen LogP contribution in [0.5, 0.6) is 0 Å². The van der Waals surface area contributed by atoms with Gasteiger partial charge in [-0.05, 0) is 31.7 Å². The van der Waals surface area contributed by atoms with E-state index in [1.165, 1.54) is 0 Å². The second-order valence-corrected chi connectivity index (χ2v) is 3.66. The molecule has 4 heteroatoms. The van der Waals surface area contributed by atoms with E-state index in [9.17, 15) is 0 Å². The highest BCUT2D eigenvalue weighted by atomic mass is 35.5. The van der Waals surface area contributed by atoms with Crippen LogP contribution in [-0.2, 0) is 6.54 Å². The summed E-state index contributed by atoms with van der Waals surface area (Å²) in [6.07, 6.45) is 0. The molecule has 0 aliphatic rings. The maximum atomic E-state index is 6.05. The van der Waals surface area contributed by atoms with Crippen molar-refractivity contribution in [3.8, 4) is 0 Å². The van der Waals surface area contributed by atoms with Gasteiger partial charge >= 0.3 is 0 Å². The lowest BCUT2D eigenvalue weighted by atomic mass is 10.1. The molecule has 0 unspecified atom stereocenters. The summed E-state index contributed by atoms with van der Waals surface area (Å²) in [6.45, 7) is 2.70. The van der Waals surface area contributed by atoms with E-state index in [1.54, 1.807) is 0 Å². The van der Waals surface area contributed by atoms with Crippen LogP contribution >= 0.6 is 11.6 Å². The van der Waals surface area contributed by atoms with Gasteiger partial charge in [0.05, 0.1) is 10.7 Å². The monoisotopic (exact) mass is 210 g/mol. The van der Waals surface area contributed by atoms with E-state index < -0.39 is 0 Å². The Balaban J connectivity index is 2.63. The maximum Gasteiger partial charge on any atom is 0.185 e. The number of aryl methyl sites for hydroxylation is 1. The number of aromatic nitrogens is 1. The van der Waals surface area contributed by atoms with Crippen molar-refractivity contribution in [3.05, 3.63) is 28.4 Å². The third-order valence-corrected chi connectivity index (χ3v) is 2.43. The van der Waals surface area contributed by atoms with Gasteiger partial charge in [0.25, 0.3) is 0 Å². The first-order valence-corrected chi connectivity index (χ1v) is 4.79. The highest BCUT2D eigenvalue weighted by Gasteiger charge is 2.09. The quantitative estimate of drug-likeness (QED) is 0.828. The van der Waals surface area contributed by atoms with E-state index >= 15 is 0 Å². The molecule has 0 spiro atoms. The van der Waals surface area contributed by atoms with E-state index in [-0.39, 0.29) is 0 Å². The van der Waals surface area contributed by atoms with Gasteiger partial charge in [0.15, 0.2) is 5.58 Å². The highest BCUT2D eigenvalue weighted by Crippen LogP contribution is 2.27. The topological polar surface area (TPSA) is 38.1 Å².